The third-order valence-electron chi connectivity index (χ3n) is 14.5. The maximum atomic E-state index is 14.4. The van der Waals surface area contributed by atoms with Gasteiger partial charge >= 0.3 is 11.7 Å². The van der Waals surface area contributed by atoms with E-state index in [1.54, 1.807) is 20.0 Å². The van der Waals surface area contributed by atoms with Crippen LogP contribution in [-0.2, 0) is 44.7 Å². The predicted octanol–water partition coefficient (Wildman–Crippen LogP) is 5.03. The van der Waals surface area contributed by atoms with Crippen LogP contribution in [0.15, 0.2) is 45.7 Å². The zero-order valence-corrected chi connectivity index (χ0v) is 43.2. The third kappa shape index (κ3) is 13.2. The van der Waals surface area contributed by atoms with Crippen LogP contribution in [0, 0.1) is 29.6 Å². The van der Waals surface area contributed by atoms with E-state index in [1.165, 1.54) is 19.9 Å². The number of fused-ring (bicyclic) bond motifs is 1. The van der Waals surface area contributed by atoms with E-state index in [0.29, 0.717) is 49.9 Å². The van der Waals surface area contributed by atoms with Crippen LogP contribution in [0.4, 0.5) is 0 Å². The van der Waals surface area contributed by atoms with Crippen molar-refractivity contribution in [2.75, 3.05) is 19.7 Å². The summed E-state index contributed by atoms with van der Waals surface area (Å²) in [5, 5.41) is 6.33. The maximum Gasteiger partial charge on any atom is 0.353 e. The zero-order valence-electron chi connectivity index (χ0n) is 43.2. The third-order valence-corrected chi connectivity index (χ3v) is 14.5. The van der Waals surface area contributed by atoms with Gasteiger partial charge in [0.05, 0.1) is 29.6 Å². The van der Waals surface area contributed by atoms with Gasteiger partial charge in [0.1, 0.15) is 36.7 Å². The fourth-order valence-electron chi connectivity index (χ4n) is 9.85. The Bertz CT molecular complexity index is 2410. The molecular weight excluding hydrogens is 909 g/mol. The summed E-state index contributed by atoms with van der Waals surface area (Å²) in [5.74, 6) is -3.66. The number of likely N-dealkylation sites (tertiary alicyclic amines) is 2. The smallest absolute Gasteiger partial charge is 0.353 e. The van der Waals surface area contributed by atoms with Gasteiger partial charge in [0, 0.05) is 31.3 Å². The summed E-state index contributed by atoms with van der Waals surface area (Å²) >= 11 is 0. The highest BCUT2D eigenvalue weighted by Crippen LogP contribution is 2.37. The van der Waals surface area contributed by atoms with Gasteiger partial charge in [-0.3, -0.25) is 28.5 Å². The number of unbranched alkanes of at least 4 members (excludes halogenated alkanes) is 2. The van der Waals surface area contributed by atoms with Crippen LogP contribution < -0.4 is 27.8 Å². The number of nitrogens with two attached hydrogens (primary N) is 2. The van der Waals surface area contributed by atoms with Crippen molar-refractivity contribution >= 4 is 46.5 Å². The number of nitrogens with one attached hydrogen (secondary N) is 2. The summed E-state index contributed by atoms with van der Waals surface area (Å²) < 4.78 is 19.9. The van der Waals surface area contributed by atoms with E-state index in [9.17, 15) is 33.6 Å². The number of aryl methyl sites for hydroxylation is 1. The van der Waals surface area contributed by atoms with Gasteiger partial charge in [-0.15, -0.1) is 0 Å². The minimum Gasteiger partial charge on any atom is -0.461 e. The number of nitrogens with zero attached hydrogens (tertiary/aromatic N) is 4. The molecule has 0 spiro atoms. The number of ketones is 1. The summed E-state index contributed by atoms with van der Waals surface area (Å²) in [6.07, 6.45) is 6.30. The molecule has 3 aliphatic heterocycles. The average molecular weight is 987 g/mol. The van der Waals surface area contributed by atoms with Gasteiger partial charge in [0.25, 0.3) is 0 Å². The lowest BCUT2D eigenvalue weighted by atomic mass is 9.88. The van der Waals surface area contributed by atoms with Crippen molar-refractivity contribution in [3.8, 4) is 11.3 Å². The first-order valence-electron chi connectivity index (χ1n) is 25.9. The quantitative estimate of drug-likeness (QED) is 0.0763. The summed E-state index contributed by atoms with van der Waals surface area (Å²) in [7, 11) is 0. The van der Waals surface area contributed by atoms with Crippen LogP contribution in [0.2, 0.25) is 0 Å². The first-order valence-corrected chi connectivity index (χ1v) is 25.9. The van der Waals surface area contributed by atoms with Crippen molar-refractivity contribution in [1.29, 1.82) is 0 Å². The molecule has 390 valence electrons. The number of benzene rings is 1. The number of ether oxygens (including phenoxy) is 2. The molecule has 3 aromatic rings. The highest BCUT2D eigenvalue weighted by atomic mass is 16.6. The Hall–Kier alpha value is -5.46. The normalized spacial score (nSPS) is 22.1. The van der Waals surface area contributed by atoms with Gasteiger partial charge in [-0.05, 0) is 86.2 Å². The molecule has 9 unspecified atom stereocenters. The second-order valence-corrected chi connectivity index (χ2v) is 21.3. The minimum atomic E-state index is -1.09. The van der Waals surface area contributed by atoms with Crippen molar-refractivity contribution in [2.45, 2.75) is 175 Å². The monoisotopic (exact) mass is 987 g/mol. The molecule has 3 saturated heterocycles. The number of hydrogen-bond acceptors (Lipinski definition) is 13. The van der Waals surface area contributed by atoms with Gasteiger partial charge in [0.15, 0.2) is 5.78 Å². The van der Waals surface area contributed by atoms with E-state index >= 15 is 0 Å². The van der Waals surface area contributed by atoms with E-state index in [-0.39, 0.29) is 60.5 Å². The van der Waals surface area contributed by atoms with Crippen molar-refractivity contribution in [2.24, 2.45) is 41.1 Å². The number of hydrogen-bond donors (Lipinski definition) is 4. The highest BCUT2D eigenvalue weighted by molar-refractivity contribution is 5.95. The van der Waals surface area contributed by atoms with Crippen LogP contribution in [0.1, 0.15) is 132 Å². The van der Waals surface area contributed by atoms with Gasteiger partial charge < -0.3 is 45.8 Å². The lowest BCUT2D eigenvalue weighted by Crippen LogP contribution is -2.56. The largest absolute Gasteiger partial charge is 0.461 e. The molecule has 0 bridgehead atoms. The molecule has 3 aliphatic rings. The number of amides is 4. The van der Waals surface area contributed by atoms with E-state index in [2.05, 4.69) is 34.7 Å². The maximum absolute atomic E-state index is 14.4. The van der Waals surface area contributed by atoms with Crippen LogP contribution in [0.3, 0.4) is 0 Å². The Morgan fingerprint density at radius 1 is 0.789 bits per heavy atom. The molecule has 18 heteroatoms. The van der Waals surface area contributed by atoms with E-state index in [0.717, 1.165) is 31.2 Å². The van der Waals surface area contributed by atoms with E-state index in [1.807, 2.05) is 59.7 Å². The second kappa shape index (κ2) is 24.3. The lowest BCUT2D eigenvalue weighted by molar-refractivity contribution is -0.155. The Labute approximate surface area is 417 Å². The number of carbonyl (C=O) groups is 6. The first kappa shape index (κ1) is 54.9. The van der Waals surface area contributed by atoms with Gasteiger partial charge in [0.2, 0.25) is 29.3 Å². The molecule has 6 N–H and O–H groups in total. The van der Waals surface area contributed by atoms with E-state index in [4.69, 9.17) is 25.4 Å². The van der Waals surface area contributed by atoms with Crippen molar-refractivity contribution < 1.29 is 42.7 Å². The van der Waals surface area contributed by atoms with Crippen LogP contribution in [0.25, 0.3) is 22.4 Å². The number of carbonyl (C=O) groups excluding carboxylic acids is 6. The SMILES string of the molecule is CCCCCc1ccc(-c2cc3cn(C4CC(CC(=O)C(NC(=O)C5CCCN5C(=O)C(N)C(C)C)C(C)C)C(COC(=O)C(NC(=O)C5CCCN5C(=O)C(N)C(C)C)C(C)C)O4)c(=O)nc3o2)cc1. The molecule has 2 aromatic heterocycles. The van der Waals surface area contributed by atoms with Crippen molar-refractivity contribution in [3.05, 3.63) is 52.6 Å². The molecule has 1 aromatic carbocycles. The number of Topliss-reactive ketones (excluding diaryl/α,β-unsaturated/α-hetero) is 1. The number of furan rings is 1. The molecule has 0 radical (unpaired) electrons. The van der Waals surface area contributed by atoms with Gasteiger partial charge in [-0.1, -0.05) is 99.4 Å². The van der Waals surface area contributed by atoms with Crippen molar-refractivity contribution in [1.82, 2.24) is 30.0 Å². The number of esters is 1. The highest BCUT2D eigenvalue weighted by Gasteiger charge is 2.44. The minimum absolute atomic E-state index is 0.115. The molecular formula is C53H78N8O10. The molecule has 6 rings (SSSR count). The van der Waals surface area contributed by atoms with Gasteiger partial charge in [-0.25, -0.2) is 9.59 Å². The van der Waals surface area contributed by atoms with Gasteiger partial charge in [-0.2, -0.15) is 4.98 Å². The summed E-state index contributed by atoms with van der Waals surface area (Å²) in [6, 6.07) is 4.80. The Morgan fingerprint density at radius 2 is 1.35 bits per heavy atom. The second-order valence-electron chi connectivity index (χ2n) is 21.3. The number of rotatable bonds is 22. The van der Waals surface area contributed by atoms with Crippen LogP contribution >= 0.6 is 0 Å². The summed E-state index contributed by atoms with van der Waals surface area (Å²) in [5.41, 5.74) is 14.0. The van der Waals surface area contributed by atoms with E-state index < -0.39 is 83.9 Å². The van der Waals surface area contributed by atoms with Crippen LogP contribution in [-0.4, -0.2) is 117 Å². The first-order chi connectivity index (χ1) is 33.7. The Kier molecular flexibility index (Phi) is 18.8. The molecule has 0 saturated carbocycles. The fraction of sp³-hybridized carbons (Fsp3) is 0.660. The van der Waals surface area contributed by atoms with Crippen molar-refractivity contribution in [3.63, 3.8) is 0 Å². The lowest BCUT2D eigenvalue weighted by Gasteiger charge is -2.30. The molecule has 4 amide bonds. The summed E-state index contributed by atoms with van der Waals surface area (Å²) in [4.78, 5) is 104. The molecule has 9 atom stereocenters. The number of aromatic nitrogens is 2. The topological polar surface area (TPSA) is 251 Å². The van der Waals surface area contributed by atoms with Crippen LogP contribution in [0.5, 0.6) is 0 Å². The zero-order chi connectivity index (χ0) is 51.8. The Morgan fingerprint density at radius 3 is 1.89 bits per heavy atom. The predicted molar refractivity (Wildman–Crippen MR) is 268 cm³/mol. The Balaban J connectivity index is 1.22. The standard InChI is InChI=1S/C53H78N8O10/c1-10-11-12-15-33-18-20-34(21-19-33)40-25-36-27-61(53(68)58-49(36)71-40)42-26-35(24-39(62)45(31(6)7)56-47(63)37-16-13-22-59(37)50(65)43(54)29(2)3)41(70-42)28-69-52(67)46(32(8)9)57-48(64)38-17-14-23-60(38)51(66)44(55)30(4)5/h18-21,25,27,29-32,35,37-38,41-46H,10-17,22-24,26,28,54-55H2,1-9H3,(H,56,63)(H,57,64). The molecule has 5 heterocycles. The summed E-state index contributed by atoms with van der Waals surface area (Å²) in [6.45, 7) is 17.2. The molecule has 3 fully saturated rings. The fourth-order valence-corrected chi connectivity index (χ4v) is 9.85. The molecule has 18 nitrogen and oxygen atoms in total. The molecule has 0 aliphatic carbocycles. The molecule has 71 heavy (non-hydrogen) atoms. The average Bonchev–Trinajstić information content (AvgIpc) is 4.17.